The highest BCUT2D eigenvalue weighted by Gasteiger charge is 2.24. The Hall–Kier alpha value is -1.62. The number of hydrogen-bond acceptors (Lipinski definition) is 3. The van der Waals surface area contributed by atoms with Gasteiger partial charge in [0, 0.05) is 0 Å². The van der Waals surface area contributed by atoms with Crippen LogP contribution < -0.4 is 11.1 Å². The van der Waals surface area contributed by atoms with Crippen LogP contribution in [-0.2, 0) is 9.53 Å². The molecule has 2 atom stereocenters. The molecule has 3 N–H and O–H groups in total. The Bertz CT molecular complexity index is 497. The van der Waals surface area contributed by atoms with Gasteiger partial charge in [0.05, 0.1) is 17.5 Å². The van der Waals surface area contributed by atoms with Gasteiger partial charge in [0.15, 0.2) is 0 Å². The Labute approximate surface area is 124 Å². The maximum absolute atomic E-state index is 12.9. The summed E-state index contributed by atoms with van der Waals surface area (Å²) in [5, 5.41) is 2.64. The molecule has 0 aromatic heterocycles. The lowest BCUT2D eigenvalue weighted by Gasteiger charge is -2.31. The second kappa shape index (κ2) is 6.89. The Morgan fingerprint density at radius 2 is 2.00 bits per heavy atom. The Kier molecular flexibility index (Phi) is 5.17. The Morgan fingerprint density at radius 1 is 1.33 bits per heavy atom. The molecule has 1 aliphatic rings. The number of carbonyl (C=O) groups excluding carboxylic acids is 1. The first kappa shape index (κ1) is 15.8. The fourth-order valence-electron chi connectivity index (χ4n) is 3.04. The van der Waals surface area contributed by atoms with Crippen molar-refractivity contribution in [2.24, 2.45) is 11.8 Å². The third kappa shape index (κ3) is 4.70. The van der Waals surface area contributed by atoms with Gasteiger partial charge in [0.2, 0.25) is 5.91 Å². The number of nitrogen functional groups attached to an aromatic ring is 1. The van der Waals surface area contributed by atoms with Crippen LogP contribution in [0.2, 0.25) is 0 Å². The zero-order valence-corrected chi connectivity index (χ0v) is 12.6. The second-order valence-electron chi connectivity index (χ2n) is 6.13. The van der Waals surface area contributed by atoms with Gasteiger partial charge in [0.25, 0.3) is 0 Å². The van der Waals surface area contributed by atoms with Gasteiger partial charge < -0.3 is 15.8 Å². The molecule has 21 heavy (non-hydrogen) atoms. The van der Waals surface area contributed by atoms with Crippen molar-refractivity contribution in [1.29, 1.82) is 0 Å². The molecule has 0 bridgehead atoms. The zero-order chi connectivity index (χ0) is 15.4. The lowest BCUT2D eigenvalue weighted by atomic mass is 9.82. The van der Waals surface area contributed by atoms with Crippen molar-refractivity contribution in [3.63, 3.8) is 0 Å². The first-order chi connectivity index (χ1) is 9.94. The van der Waals surface area contributed by atoms with Crippen LogP contribution in [0.3, 0.4) is 0 Å². The van der Waals surface area contributed by atoms with Gasteiger partial charge in [-0.1, -0.05) is 13.8 Å². The fraction of sp³-hybridized carbons (Fsp3) is 0.562. The SMILES string of the molecule is CC1CC(C)CC(OCC(=O)Nc2ccc(F)cc2N)C1. The summed E-state index contributed by atoms with van der Waals surface area (Å²) in [7, 11) is 0. The van der Waals surface area contributed by atoms with Crippen LogP contribution in [0.4, 0.5) is 15.8 Å². The topological polar surface area (TPSA) is 64.3 Å². The number of amides is 1. The molecule has 1 amide bonds. The predicted molar refractivity (Wildman–Crippen MR) is 81.4 cm³/mol. The smallest absolute Gasteiger partial charge is 0.250 e. The number of hydrogen-bond donors (Lipinski definition) is 2. The van der Waals surface area contributed by atoms with E-state index in [1.54, 1.807) is 0 Å². The lowest BCUT2D eigenvalue weighted by molar-refractivity contribution is -0.124. The van der Waals surface area contributed by atoms with E-state index in [2.05, 4.69) is 19.2 Å². The van der Waals surface area contributed by atoms with E-state index in [-0.39, 0.29) is 24.3 Å². The van der Waals surface area contributed by atoms with E-state index in [0.717, 1.165) is 12.8 Å². The number of nitrogens with one attached hydrogen (secondary N) is 1. The molecule has 0 heterocycles. The summed E-state index contributed by atoms with van der Waals surface area (Å²) in [4.78, 5) is 11.9. The minimum atomic E-state index is -0.424. The molecular formula is C16H23FN2O2. The molecule has 1 aromatic carbocycles. The van der Waals surface area contributed by atoms with Crippen LogP contribution in [0.1, 0.15) is 33.1 Å². The number of anilines is 2. The highest BCUT2D eigenvalue weighted by molar-refractivity contribution is 5.94. The van der Waals surface area contributed by atoms with Crippen LogP contribution in [0.15, 0.2) is 18.2 Å². The second-order valence-corrected chi connectivity index (χ2v) is 6.13. The molecular weight excluding hydrogens is 271 g/mol. The molecule has 1 saturated carbocycles. The summed E-state index contributed by atoms with van der Waals surface area (Å²) in [5.74, 6) is 0.579. The molecule has 1 aliphatic carbocycles. The quantitative estimate of drug-likeness (QED) is 0.838. The minimum Gasteiger partial charge on any atom is -0.397 e. The van der Waals surface area contributed by atoms with Gasteiger partial charge in [-0.25, -0.2) is 4.39 Å². The van der Waals surface area contributed by atoms with Crippen molar-refractivity contribution in [2.75, 3.05) is 17.7 Å². The normalized spacial score (nSPS) is 25.6. The van der Waals surface area contributed by atoms with E-state index < -0.39 is 5.82 Å². The molecule has 0 spiro atoms. The van der Waals surface area contributed by atoms with Crippen molar-refractivity contribution in [3.8, 4) is 0 Å². The zero-order valence-electron chi connectivity index (χ0n) is 12.6. The first-order valence-corrected chi connectivity index (χ1v) is 7.40. The van der Waals surface area contributed by atoms with E-state index in [9.17, 15) is 9.18 Å². The molecule has 4 nitrogen and oxygen atoms in total. The molecule has 2 rings (SSSR count). The molecule has 116 valence electrons. The summed E-state index contributed by atoms with van der Waals surface area (Å²) in [6.07, 6.45) is 3.35. The van der Waals surface area contributed by atoms with Crippen LogP contribution >= 0.6 is 0 Å². The van der Waals surface area contributed by atoms with Crippen molar-refractivity contribution in [2.45, 2.75) is 39.2 Å². The standard InChI is InChI=1S/C16H23FN2O2/c1-10-5-11(2)7-13(6-10)21-9-16(20)19-15-4-3-12(17)8-14(15)18/h3-4,8,10-11,13H,5-7,9,18H2,1-2H3,(H,19,20). The first-order valence-electron chi connectivity index (χ1n) is 7.40. The van der Waals surface area contributed by atoms with Crippen molar-refractivity contribution in [1.82, 2.24) is 0 Å². The maximum Gasteiger partial charge on any atom is 0.250 e. The third-order valence-corrected chi connectivity index (χ3v) is 3.87. The van der Waals surface area contributed by atoms with E-state index in [4.69, 9.17) is 10.5 Å². The minimum absolute atomic E-state index is 0.000916. The fourth-order valence-corrected chi connectivity index (χ4v) is 3.04. The molecule has 1 fully saturated rings. The highest BCUT2D eigenvalue weighted by Crippen LogP contribution is 2.30. The van der Waals surface area contributed by atoms with Gasteiger partial charge in [-0.2, -0.15) is 0 Å². The number of rotatable bonds is 4. The number of ether oxygens (including phenoxy) is 1. The molecule has 5 heteroatoms. The van der Waals surface area contributed by atoms with Gasteiger partial charge >= 0.3 is 0 Å². The van der Waals surface area contributed by atoms with Crippen molar-refractivity contribution in [3.05, 3.63) is 24.0 Å². The largest absolute Gasteiger partial charge is 0.397 e. The number of halogens is 1. The van der Waals surface area contributed by atoms with Crippen LogP contribution in [0, 0.1) is 17.7 Å². The van der Waals surface area contributed by atoms with Crippen LogP contribution in [-0.4, -0.2) is 18.6 Å². The predicted octanol–water partition coefficient (Wildman–Crippen LogP) is 3.19. The average molecular weight is 294 g/mol. The van der Waals surface area contributed by atoms with E-state index >= 15 is 0 Å². The van der Waals surface area contributed by atoms with Gasteiger partial charge in [0.1, 0.15) is 12.4 Å². The third-order valence-electron chi connectivity index (χ3n) is 3.87. The van der Waals surface area contributed by atoms with E-state index in [1.807, 2.05) is 0 Å². The molecule has 0 aliphatic heterocycles. The Balaban J connectivity index is 1.82. The summed E-state index contributed by atoms with van der Waals surface area (Å²) < 4.78 is 18.6. The highest BCUT2D eigenvalue weighted by atomic mass is 19.1. The Morgan fingerprint density at radius 3 is 2.62 bits per heavy atom. The number of benzene rings is 1. The molecule has 0 radical (unpaired) electrons. The van der Waals surface area contributed by atoms with Gasteiger partial charge in [-0.05, 0) is 49.3 Å². The summed E-state index contributed by atoms with van der Waals surface area (Å²) >= 11 is 0. The molecule has 1 aromatic rings. The lowest BCUT2D eigenvalue weighted by Crippen LogP contribution is -2.29. The summed E-state index contributed by atoms with van der Waals surface area (Å²) in [6.45, 7) is 4.43. The van der Waals surface area contributed by atoms with Crippen LogP contribution in [0.25, 0.3) is 0 Å². The van der Waals surface area contributed by atoms with Gasteiger partial charge in [-0.3, -0.25) is 4.79 Å². The van der Waals surface area contributed by atoms with Crippen molar-refractivity contribution >= 4 is 17.3 Å². The maximum atomic E-state index is 12.9. The monoisotopic (exact) mass is 294 g/mol. The van der Waals surface area contributed by atoms with Crippen molar-refractivity contribution < 1.29 is 13.9 Å². The summed E-state index contributed by atoms with van der Waals surface area (Å²) in [6, 6.07) is 3.89. The van der Waals surface area contributed by atoms with E-state index in [0.29, 0.717) is 17.5 Å². The molecule has 0 saturated heterocycles. The van der Waals surface area contributed by atoms with Crippen LogP contribution in [0.5, 0.6) is 0 Å². The number of carbonyl (C=O) groups is 1. The number of nitrogens with two attached hydrogens (primary N) is 1. The van der Waals surface area contributed by atoms with E-state index in [1.165, 1.54) is 24.6 Å². The van der Waals surface area contributed by atoms with Gasteiger partial charge in [-0.15, -0.1) is 0 Å². The summed E-state index contributed by atoms with van der Waals surface area (Å²) in [5.41, 5.74) is 6.27. The average Bonchev–Trinajstić information content (AvgIpc) is 2.39. The molecule has 2 unspecified atom stereocenters.